The molecule has 0 atom stereocenters. The Kier molecular flexibility index (Phi) is 3.78. The molecule has 1 N–H and O–H groups in total. The van der Waals surface area contributed by atoms with E-state index in [2.05, 4.69) is 15.6 Å². The second-order valence-electron chi connectivity index (χ2n) is 4.63. The molecule has 0 spiro atoms. The Morgan fingerprint density at radius 3 is 2.70 bits per heavy atom. The second kappa shape index (κ2) is 5.55. The number of halogens is 2. The predicted octanol–water partition coefficient (Wildman–Crippen LogP) is 1.17. The Hall–Kier alpha value is -1.37. The molecule has 1 aromatic heterocycles. The van der Waals surface area contributed by atoms with Gasteiger partial charge in [-0.2, -0.15) is 0 Å². The summed E-state index contributed by atoms with van der Waals surface area (Å²) in [5, 5.41) is 12.1. The zero-order valence-corrected chi connectivity index (χ0v) is 12.2. The number of carbonyl (C=O) groups excluding carboxylic acids is 1. The summed E-state index contributed by atoms with van der Waals surface area (Å²) < 4.78 is 1.56. The van der Waals surface area contributed by atoms with Gasteiger partial charge in [-0.3, -0.25) is 4.79 Å². The first-order chi connectivity index (χ1) is 9.65. The molecule has 6 nitrogen and oxygen atoms in total. The lowest BCUT2D eigenvalue weighted by Crippen LogP contribution is -2.47. The lowest BCUT2D eigenvalue weighted by Gasteiger charge is -2.27. The molecule has 1 amide bonds. The van der Waals surface area contributed by atoms with Crippen molar-refractivity contribution < 1.29 is 4.79 Å². The van der Waals surface area contributed by atoms with Crippen molar-refractivity contribution in [2.45, 2.75) is 6.54 Å². The molecule has 1 saturated heterocycles. The topological polar surface area (TPSA) is 63.1 Å². The van der Waals surface area contributed by atoms with Gasteiger partial charge >= 0.3 is 0 Å². The molecular formula is C12H13Cl2N5O. The molecule has 1 aromatic carbocycles. The number of hydrogen-bond donors (Lipinski definition) is 1. The van der Waals surface area contributed by atoms with E-state index in [0.717, 1.165) is 26.2 Å². The first kappa shape index (κ1) is 13.6. The fourth-order valence-corrected chi connectivity index (χ4v) is 2.54. The van der Waals surface area contributed by atoms with Crippen LogP contribution < -0.4 is 5.32 Å². The van der Waals surface area contributed by atoms with Gasteiger partial charge in [-0.05, 0) is 12.1 Å². The summed E-state index contributed by atoms with van der Waals surface area (Å²) >= 11 is 11.9. The Morgan fingerprint density at radius 2 is 1.95 bits per heavy atom. The van der Waals surface area contributed by atoms with Crippen LogP contribution in [-0.4, -0.2) is 52.0 Å². The highest BCUT2D eigenvalue weighted by Crippen LogP contribution is 2.26. The molecule has 0 aliphatic carbocycles. The Labute approximate surface area is 125 Å². The van der Waals surface area contributed by atoms with E-state index in [4.69, 9.17) is 23.2 Å². The molecule has 0 bridgehead atoms. The number of nitrogens with one attached hydrogen (secondary N) is 1. The number of amides is 1. The average molecular weight is 314 g/mol. The Bertz CT molecular complexity index is 651. The third-order valence-electron chi connectivity index (χ3n) is 3.31. The summed E-state index contributed by atoms with van der Waals surface area (Å²) in [6.07, 6.45) is 0. The van der Waals surface area contributed by atoms with Crippen molar-refractivity contribution in [2.24, 2.45) is 0 Å². The van der Waals surface area contributed by atoms with Gasteiger partial charge in [-0.25, -0.2) is 4.68 Å². The molecule has 1 aliphatic rings. The summed E-state index contributed by atoms with van der Waals surface area (Å²) in [5.74, 6) is 0.0318. The summed E-state index contributed by atoms with van der Waals surface area (Å²) in [6.45, 7) is 3.25. The van der Waals surface area contributed by atoms with Crippen LogP contribution in [-0.2, 0) is 11.3 Å². The van der Waals surface area contributed by atoms with Crippen LogP contribution in [0.25, 0.3) is 11.0 Å². The van der Waals surface area contributed by atoms with Crippen molar-refractivity contribution in [3.05, 3.63) is 22.2 Å². The highest BCUT2D eigenvalue weighted by Gasteiger charge is 2.18. The molecule has 0 unspecified atom stereocenters. The van der Waals surface area contributed by atoms with Gasteiger partial charge in [0.2, 0.25) is 5.91 Å². The molecule has 106 valence electrons. The summed E-state index contributed by atoms with van der Waals surface area (Å²) in [4.78, 5) is 14.0. The second-order valence-corrected chi connectivity index (χ2v) is 5.45. The molecule has 0 radical (unpaired) electrons. The minimum atomic E-state index is 0.0318. The van der Waals surface area contributed by atoms with Crippen molar-refractivity contribution in [1.29, 1.82) is 0 Å². The van der Waals surface area contributed by atoms with Gasteiger partial charge in [0, 0.05) is 26.2 Å². The first-order valence-corrected chi connectivity index (χ1v) is 7.07. The summed E-state index contributed by atoms with van der Waals surface area (Å²) in [6, 6.07) is 3.34. The third-order valence-corrected chi connectivity index (χ3v) is 4.03. The van der Waals surface area contributed by atoms with Crippen molar-refractivity contribution in [2.75, 3.05) is 26.2 Å². The number of fused-ring (bicyclic) bond motifs is 1. The van der Waals surface area contributed by atoms with Gasteiger partial charge in [-0.1, -0.05) is 28.4 Å². The largest absolute Gasteiger partial charge is 0.339 e. The van der Waals surface area contributed by atoms with Gasteiger partial charge < -0.3 is 10.2 Å². The SMILES string of the molecule is O=C(Cn1nnc2cc(Cl)c(Cl)cc21)N1CCNCC1. The van der Waals surface area contributed by atoms with Crippen LogP contribution in [0.1, 0.15) is 0 Å². The van der Waals surface area contributed by atoms with E-state index in [1.807, 2.05) is 4.90 Å². The van der Waals surface area contributed by atoms with Crippen LogP contribution in [0.2, 0.25) is 10.0 Å². The molecule has 20 heavy (non-hydrogen) atoms. The van der Waals surface area contributed by atoms with Crippen LogP contribution in [0.3, 0.4) is 0 Å². The van der Waals surface area contributed by atoms with Gasteiger partial charge in [-0.15, -0.1) is 5.10 Å². The van der Waals surface area contributed by atoms with E-state index >= 15 is 0 Å². The average Bonchev–Trinajstić information content (AvgIpc) is 2.83. The molecule has 1 aliphatic heterocycles. The lowest BCUT2D eigenvalue weighted by atomic mass is 10.3. The van der Waals surface area contributed by atoms with Crippen LogP contribution in [0, 0.1) is 0 Å². The summed E-state index contributed by atoms with van der Waals surface area (Å²) in [5.41, 5.74) is 1.34. The zero-order valence-electron chi connectivity index (χ0n) is 10.6. The van der Waals surface area contributed by atoms with E-state index < -0.39 is 0 Å². The number of nitrogens with zero attached hydrogens (tertiary/aromatic N) is 4. The highest BCUT2D eigenvalue weighted by atomic mass is 35.5. The van der Waals surface area contributed by atoms with E-state index in [9.17, 15) is 4.79 Å². The Balaban J connectivity index is 1.83. The lowest BCUT2D eigenvalue weighted by molar-refractivity contribution is -0.132. The fraction of sp³-hybridized carbons (Fsp3) is 0.417. The van der Waals surface area contributed by atoms with E-state index in [1.165, 1.54) is 0 Å². The van der Waals surface area contributed by atoms with Crippen LogP contribution in [0.4, 0.5) is 0 Å². The van der Waals surface area contributed by atoms with E-state index in [0.29, 0.717) is 21.1 Å². The number of benzene rings is 1. The Morgan fingerprint density at radius 1 is 1.25 bits per heavy atom. The quantitative estimate of drug-likeness (QED) is 0.904. The number of piperazine rings is 1. The van der Waals surface area contributed by atoms with Gasteiger partial charge in [0.15, 0.2) is 0 Å². The monoisotopic (exact) mass is 313 g/mol. The number of hydrogen-bond acceptors (Lipinski definition) is 4. The summed E-state index contributed by atoms with van der Waals surface area (Å²) in [7, 11) is 0. The highest BCUT2D eigenvalue weighted by molar-refractivity contribution is 6.42. The zero-order chi connectivity index (χ0) is 14.1. The maximum atomic E-state index is 12.2. The van der Waals surface area contributed by atoms with E-state index in [1.54, 1.807) is 16.8 Å². The number of carbonyl (C=O) groups is 1. The molecule has 1 fully saturated rings. The predicted molar refractivity (Wildman–Crippen MR) is 77.0 cm³/mol. The van der Waals surface area contributed by atoms with Crippen LogP contribution >= 0.6 is 23.2 Å². The van der Waals surface area contributed by atoms with Crippen LogP contribution in [0.5, 0.6) is 0 Å². The molecular weight excluding hydrogens is 301 g/mol. The minimum Gasteiger partial charge on any atom is -0.339 e. The van der Waals surface area contributed by atoms with Crippen molar-refractivity contribution in [1.82, 2.24) is 25.2 Å². The maximum Gasteiger partial charge on any atom is 0.244 e. The molecule has 2 heterocycles. The first-order valence-electron chi connectivity index (χ1n) is 6.32. The normalized spacial score (nSPS) is 15.8. The number of aromatic nitrogens is 3. The smallest absolute Gasteiger partial charge is 0.244 e. The van der Waals surface area contributed by atoms with Gasteiger partial charge in [0.25, 0.3) is 0 Å². The fourth-order valence-electron chi connectivity index (χ4n) is 2.22. The number of rotatable bonds is 2. The molecule has 3 rings (SSSR count). The van der Waals surface area contributed by atoms with Gasteiger partial charge in [0.05, 0.1) is 15.6 Å². The maximum absolute atomic E-state index is 12.2. The van der Waals surface area contributed by atoms with Crippen molar-refractivity contribution in [3.8, 4) is 0 Å². The standard InChI is InChI=1S/C12H13Cl2N5O/c13-8-5-10-11(6-9(8)14)19(17-16-10)7-12(20)18-3-1-15-2-4-18/h5-6,15H,1-4,7H2. The molecule has 8 heteroatoms. The van der Waals surface area contributed by atoms with Crippen molar-refractivity contribution >= 4 is 40.1 Å². The molecule has 0 saturated carbocycles. The molecule has 2 aromatic rings. The van der Waals surface area contributed by atoms with Gasteiger partial charge in [0.1, 0.15) is 12.1 Å². The van der Waals surface area contributed by atoms with Crippen LogP contribution in [0.15, 0.2) is 12.1 Å². The van der Waals surface area contributed by atoms with Crippen molar-refractivity contribution in [3.63, 3.8) is 0 Å². The minimum absolute atomic E-state index is 0.0318. The van der Waals surface area contributed by atoms with E-state index in [-0.39, 0.29) is 12.5 Å². The third kappa shape index (κ3) is 2.59.